The van der Waals surface area contributed by atoms with Crippen molar-refractivity contribution >= 4 is 16.7 Å². The molecule has 2 heterocycles. The Bertz CT molecular complexity index is 966. The van der Waals surface area contributed by atoms with E-state index in [9.17, 15) is 5.11 Å². The van der Waals surface area contributed by atoms with E-state index in [0.29, 0.717) is 0 Å². The smallest absolute Gasteiger partial charge is 0.130 e. The van der Waals surface area contributed by atoms with E-state index in [1.807, 2.05) is 25.4 Å². The van der Waals surface area contributed by atoms with Crippen LogP contribution in [-0.4, -0.2) is 47.2 Å². The molecule has 1 aliphatic rings. The number of anilines is 1. The standard InChI is InChI=1S/C20H22N4O/c1-12-17(25)5-4-15-18-14-6-7-21-11-13(14)10-16(18)20(23-19(12)15)22-8-9-24(2)3/h4-7,11,25H,8-10H2,1-3H3,(H,22,23). The molecular weight excluding hydrogens is 312 g/mol. The lowest BCUT2D eigenvalue weighted by Crippen LogP contribution is -2.21. The normalized spacial score (nSPS) is 12.5. The molecule has 3 aromatic rings. The van der Waals surface area contributed by atoms with Crippen molar-refractivity contribution in [2.45, 2.75) is 13.3 Å². The van der Waals surface area contributed by atoms with E-state index in [2.05, 4.69) is 35.4 Å². The van der Waals surface area contributed by atoms with Crippen LogP contribution >= 0.6 is 0 Å². The van der Waals surface area contributed by atoms with Gasteiger partial charge in [-0.3, -0.25) is 4.98 Å². The molecule has 0 amide bonds. The fraction of sp³-hybridized carbons (Fsp3) is 0.300. The monoisotopic (exact) mass is 334 g/mol. The van der Waals surface area contributed by atoms with Crippen LogP contribution in [-0.2, 0) is 6.42 Å². The van der Waals surface area contributed by atoms with Crippen molar-refractivity contribution < 1.29 is 5.11 Å². The Morgan fingerprint density at radius 1 is 1.24 bits per heavy atom. The average Bonchev–Trinajstić information content (AvgIpc) is 2.98. The van der Waals surface area contributed by atoms with Crippen molar-refractivity contribution in [3.63, 3.8) is 0 Å². The topological polar surface area (TPSA) is 61.3 Å². The lowest BCUT2D eigenvalue weighted by atomic mass is 9.99. The Labute approximate surface area is 147 Å². The van der Waals surface area contributed by atoms with Crippen LogP contribution in [0.15, 0.2) is 30.6 Å². The van der Waals surface area contributed by atoms with Gasteiger partial charge < -0.3 is 15.3 Å². The Balaban J connectivity index is 1.92. The quantitative estimate of drug-likeness (QED) is 0.600. The number of likely N-dealkylation sites (N-methyl/N-ethyl adjacent to an activating group) is 1. The molecule has 5 heteroatoms. The number of benzene rings is 1. The van der Waals surface area contributed by atoms with Crippen molar-refractivity contribution in [1.29, 1.82) is 0 Å². The van der Waals surface area contributed by atoms with Crippen LogP contribution in [0, 0.1) is 6.92 Å². The molecular formula is C20H22N4O. The number of rotatable bonds is 4. The summed E-state index contributed by atoms with van der Waals surface area (Å²) in [6.45, 7) is 3.68. The highest BCUT2D eigenvalue weighted by atomic mass is 16.3. The molecule has 0 radical (unpaired) electrons. The fourth-order valence-corrected chi connectivity index (χ4v) is 3.52. The Morgan fingerprint density at radius 3 is 2.88 bits per heavy atom. The van der Waals surface area contributed by atoms with Crippen LogP contribution < -0.4 is 5.32 Å². The van der Waals surface area contributed by atoms with Gasteiger partial charge in [-0.15, -0.1) is 0 Å². The van der Waals surface area contributed by atoms with E-state index < -0.39 is 0 Å². The SMILES string of the molecule is Cc1c(O)ccc2c3c(c(NCCN(C)C)nc12)Cc1cnccc1-3. The summed E-state index contributed by atoms with van der Waals surface area (Å²) in [4.78, 5) is 11.3. The third-order valence-electron chi connectivity index (χ3n) is 4.87. The lowest BCUT2D eigenvalue weighted by molar-refractivity contribution is 0.425. The van der Waals surface area contributed by atoms with Crippen LogP contribution in [0.3, 0.4) is 0 Å². The summed E-state index contributed by atoms with van der Waals surface area (Å²) >= 11 is 0. The summed E-state index contributed by atoms with van der Waals surface area (Å²) in [5.41, 5.74) is 6.57. The molecule has 0 spiro atoms. The molecule has 2 N–H and O–H groups in total. The average molecular weight is 334 g/mol. The molecule has 0 saturated carbocycles. The zero-order valence-electron chi connectivity index (χ0n) is 14.8. The summed E-state index contributed by atoms with van der Waals surface area (Å²) in [5, 5.41) is 14.7. The van der Waals surface area contributed by atoms with Gasteiger partial charge in [-0.25, -0.2) is 4.98 Å². The van der Waals surface area contributed by atoms with Crippen molar-refractivity contribution in [1.82, 2.24) is 14.9 Å². The highest BCUT2D eigenvalue weighted by Crippen LogP contribution is 2.44. The van der Waals surface area contributed by atoms with Gasteiger partial charge in [-0.1, -0.05) is 0 Å². The molecule has 0 fully saturated rings. The van der Waals surface area contributed by atoms with E-state index >= 15 is 0 Å². The number of nitrogens with zero attached hydrogens (tertiary/aromatic N) is 3. The Morgan fingerprint density at radius 2 is 2.08 bits per heavy atom. The first-order chi connectivity index (χ1) is 12.1. The molecule has 2 aromatic heterocycles. The summed E-state index contributed by atoms with van der Waals surface area (Å²) in [7, 11) is 4.12. The third kappa shape index (κ3) is 2.61. The number of pyridine rings is 2. The molecule has 128 valence electrons. The molecule has 0 bridgehead atoms. The zero-order chi connectivity index (χ0) is 17.6. The minimum Gasteiger partial charge on any atom is -0.508 e. The molecule has 0 aliphatic heterocycles. The first kappa shape index (κ1) is 15.8. The Kier molecular flexibility index (Phi) is 3.81. The van der Waals surface area contributed by atoms with Crippen molar-refractivity contribution in [3.05, 3.63) is 47.3 Å². The number of aryl methyl sites for hydroxylation is 1. The maximum atomic E-state index is 10.1. The minimum absolute atomic E-state index is 0.284. The number of nitrogens with one attached hydrogen (secondary N) is 1. The number of aromatic hydroxyl groups is 1. The Hall–Kier alpha value is -2.66. The molecule has 4 rings (SSSR count). The molecule has 1 aliphatic carbocycles. The summed E-state index contributed by atoms with van der Waals surface area (Å²) < 4.78 is 0. The van der Waals surface area contributed by atoms with Gasteiger partial charge in [-0.05, 0) is 55.9 Å². The molecule has 1 aromatic carbocycles. The third-order valence-corrected chi connectivity index (χ3v) is 4.87. The van der Waals surface area contributed by atoms with Gasteiger partial charge in [-0.2, -0.15) is 0 Å². The second kappa shape index (κ2) is 6.01. The largest absolute Gasteiger partial charge is 0.508 e. The number of fused-ring (bicyclic) bond motifs is 5. The van der Waals surface area contributed by atoms with Gasteiger partial charge in [0.05, 0.1) is 5.52 Å². The molecule has 0 unspecified atom stereocenters. The van der Waals surface area contributed by atoms with E-state index in [4.69, 9.17) is 4.98 Å². The maximum Gasteiger partial charge on any atom is 0.130 e. The minimum atomic E-state index is 0.284. The van der Waals surface area contributed by atoms with Gasteiger partial charge in [0.15, 0.2) is 0 Å². The summed E-state index contributed by atoms with van der Waals surface area (Å²) in [5.74, 6) is 1.20. The van der Waals surface area contributed by atoms with Crippen LogP contribution in [0.4, 0.5) is 5.82 Å². The van der Waals surface area contributed by atoms with Gasteiger partial charge in [0.2, 0.25) is 0 Å². The number of phenolic OH excluding ortho intramolecular Hbond substituents is 1. The fourth-order valence-electron chi connectivity index (χ4n) is 3.52. The van der Waals surface area contributed by atoms with Crippen molar-refractivity contribution in [2.24, 2.45) is 0 Å². The number of hydrogen-bond donors (Lipinski definition) is 2. The summed E-state index contributed by atoms with van der Waals surface area (Å²) in [6.07, 6.45) is 4.62. The second-order valence-corrected chi connectivity index (χ2v) is 6.86. The molecule has 5 nitrogen and oxygen atoms in total. The van der Waals surface area contributed by atoms with E-state index in [1.165, 1.54) is 22.3 Å². The predicted molar refractivity (Wildman–Crippen MR) is 101 cm³/mol. The first-order valence-corrected chi connectivity index (χ1v) is 8.53. The highest BCUT2D eigenvalue weighted by molar-refractivity contribution is 6.03. The van der Waals surface area contributed by atoms with Crippen LogP contribution in [0.2, 0.25) is 0 Å². The summed E-state index contributed by atoms with van der Waals surface area (Å²) in [6, 6.07) is 5.81. The molecule has 0 atom stereocenters. The van der Waals surface area contributed by atoms with E-state index in [0.717, 1.165) is 41.8 Å². The van der Waals surface area contributed by atoms with Crippen LogP contribution in [0.1, 0.15) is 16.7 Å². The maximum absolute atomic E-state index is 10.1. The van der Waals surface area contributed by atoms with Gasteiger partial charge in [0.1, 0.15) is 11.6 Å². The van der Waals surface area contributed by atoms with Crippen molar-refractivity contribution in [2.75, 3.05) is 32.5 Å². The number of phenols is 1. The lowest BCUT2D eigenvalue weighted by Gasteiger charge is -2.16. The molecule has 0 saturated heterocycles. The van der Waals surface area contributed by atoms with Gasteiger partial charge in [0.25, 0.3) is 0 Å². The first-order valence-electron chi connectivity index (χ1n) is 8.53. The van der Waals surface area contributed by atoms with Crippen molar-refractivity contribution in [3.8, 4) is 16.9 Å². The highest BCUT2D eigenvalue weighted by Gasteiger charge is 2.26. The second-order valence-electron chi connectivity index (χ2n) is 6.86. The number of aromatic nitrogens is 2. The van der Waals surface area contributed by atoms with Crippen LogP contribution in [0.5, 0.6) is 5.75 Å². The number of hydrogen-bond acceptors (Lipinski definition) is 5. The zero-order valence-corrected chi connectivity index (χ0v) is 14.8. The van der Waals surface area contributed by atoms with E-state index in [-0.39, 0.29) is 5.75 Å². The van der Waals surface area contributed by atoms with Crippen LogP contribution in [0.25, 0.3) is 22.0 Å². The predicted octanol–water partition coefficient (Wildman–Crippen LogP) is 3.19. The van der Waals surface area contributed by atoms with Gasteiger partial charge >= 0.3 is 0 Å². The van der Waals surface area contributed by atoms with E-state index in [1.54, 1.807) is 6.07 Å². The van der Waals surface area contributed by atoms with Gasteiger partial charge in [0, 0.05) is 48.4 Å². The molecule has 25 heavy (non-hydrogen) atoms.